The molecule has 0 saturated heterocycles. The summed E-state index contributed by atoms with van der Waals surface area (Å²) in [4.78, 5) is 12.0. The molecule has 0 aliphatic rings. The van der Waals surface area contributed by atoms with Crippen LogP contribution in [0.5, 0.6) is 5.88 Å². The van der Waals surface area contributed by atoms with E-state index in [0.29, 0.717) is 18.0 Å². The van der Waals surface area contributed by atoms with Crippen LogP contribution in [0.2, 0.25) is 0 Å². The molecule has 1 heterocycles. The molecular formula is C19H15F2NO2. The second-order valence-corrected chi connectivity index (χ2v) is 5.38. The summed E-state index contributed by atoms with van der Waals surface area (Å²) in [5, 5.41) is 0. The molecule has 0 aliphatic carbocycles. The Morgan fingerprint density at radius 2 is 1.46 bits per heavy atom. The molecule has 0 bridgehead atoms. The van der Waals surface area contributed by atoms with Crippen molar-refractivity contribution >= 4 is 5.97 Å². The van der Waals surface area contributed by atoms with E-state index in [4.69, 9.17) is 4.74 Å². The lowest BCUT2D eigenvalue weighted by molar-refractivity contribution is -0.134. The summed E-state index contributed by atoms with van der Waals surface area (Å²) in [6.45, 7) is 0.465. The second kappa shape index (κ2) is 7.08. The van der Waals surface area contributed by atoms with Gasteiger partial charge in [-0.1, -0.05) is 24.3 Å². The fourth-order valence-electron chi connectivity index (χ4n) is 2.33. The fraction of sp³-hybridized carbons (Fsp3) is 0.105. The summed E-state index contributed by atoms with van der Waals surface area (Å²) in [7, 11) is 0. The van der Waals surface area contributed by atoms with Gasteiger partial charge in [0.05, 0.1) is 13.0 Å². The first-order chi connectivity index (χ1) is 11.6. The van der Waals surface area contributed by atoms with Crippen LogP contribution in [0.3, 0.4) is 0 Å². The highest BCUT2D eigenvalue weighted by atomic mass is 19.1. The van der Waals surface area contributed by atoms with Crippen molar-refractivity contribution < 1.29 is 18.3 Å². The first-order valence-electron chi connectivity index (χ1n) is 7.45. The van der Waals surface area contributed by atoms with Crippen LogP contribution in [0.25, 0.3) is 0 Å². The van der Waals surface area contributed by atoms with Gasteiger partial charge in [0, 0.05) is 12.3 Å². The van der Waals surface area contributed by atoms with E-state index < -0.39 is 5.97 Å². The number of halogens is 2. The molecule has 0 radical (unpaired) electrons. The second-order valence-electron chi connectivity index (χ2n) is 5.38. The molecule has 3 aromatic rings. The smallest absolute Gasteiger partial charge is 0.316 e. The summed E-state index contributed by atoms with van der Waals surface area (Å²) in [5.74, 6) is -0.662. The molecule has 0 aliphatic heterocycles. The lowest BCUT2D eigenvalue weighted by atomic mass is 10.1. The maximum absolute atomic E-state index is 12.9. The largest absolute Gasteiger partial charge is 0.409 e. The van der Waals surface area contributed by atoms with Crippen LogP contribution in [-0.4, -0.2) is 10.5 Å². The Kier molecular flexibility index (Phi) is 4.70. The standard InChI is InChI=1S/C19H15F2NO2/c20-16-7-3-14(4-8-16)12-19(23)24-18-2-1-11-22(18)13-15-5-9-17(21)10-6-15/h1-11H,12-13H2. The third kappa shape index (κ3) is 4.07. The van der Waals surface area contributed by atoms with Crippen LogP contribution < -0.4 is 4.74 Å². The molecule has 0 spiro atoms. The highest BCUT2D eigenvalue weighted by molar-refractivity contribution is 5.74. The van der Waals surface area contributed by atoms with E-state index in [1.807, 2.05) is 0 Å². The number of ether oxygens (including phenoxy) is 1. The van der Waals surface area contributed by atoms with Crippen molar-refractivity contribution in [2.75, 3.05) is 0 Å². The number of esters is 1. The zero-order valence-corrected chi connectivity index (χ0v) is 12.8. The van der Waals surface area contributed by atoms with Gasteiger partial charge in [0.2, 0.25) is 5.88 Å². The van der Waals surface area contributed by atoms with Gasteiger partial charge < -0.3 is 9.30 Å². The van der Waals surface area contributed by atoms with Crippen LogP contribution in [-0.2, 0) is 17.8 Å². The Bertz CT molecular complexity index is 823. The monoisotopic (exact) mass is 327 g/mol. The molecule has 0 unspecified atom stereocenters. The fourth-order valence-corrected chi connectivity index (χ4v) is 2.33. The molecule has 3 nitrogen and oxygen atoms in total. The summed E-state index contributed by atoms with van der Waals surface area (Å²) in [5.41, 5.74) is 1.57. The molecule has 3 rings (SSSR count). The number of hydrogen-bond donors (Lipinski definition) is 0. The maximum Gasteiger partial charge on any atom is 0.316 e. The Balaban J connectivity index is 1.65. The SMILES string of the molecule is O=C(Cc1ccc(F)cc1)Oc1cccn1Cc1ccc(F)cc1. The molecule has 0 atom stereocenters. The van der Waals surface area contributed by atoms with Crippen LogP contribution >= 0.6 is 0 Å². The van der Waals surface area contributed by atoms with E-state index in [9.17, 15) is 13.6 Å². The minimum Gasteiger partial charge on any atom is -0.409 e. The number of rotatable bonds is 5. The van der Waals surface area contributed by atoms with Crippen LogP contribution in [0.15, 0.2) is 66.9 Å². The molecule has 0 N–H and O–H groups in total. The molecule has 122 valence electrons. The Labute approximate surface area is 138 Å². The molecule has 5 heteroatoms. The lowest BCUT2D eigenvalue weighted by Gasteiger charge is -2.10. The number of aromatic nitrogens is 1. The van der Waals surface area contributed by atoms with Gasteiger partial charge in [0.1, 0.15) is 11.6 Å². The molecule has 1 aromatic heterocycles. The Morgan fingerprint density at radius 1 is 0.875 bits per heavy atom. The summed E-state index contributed by atoms with van der Waals surface area (Å²) < 4.78 is 33.0. The quantitative estimate of drug-likeness (QED) is 0.664. The molecular weight excluding hydrogens is 312 g/mol. The molecule has 2 aromatic carbocycles. The highest BCUT2D eigenvalue weighted by Crippen LogP contribution is 2.16. The molecule has 0 amide bonds. The minimum absolute atomic E-state index is 0.0575. The van der Waals surface area contributed by atoms with E-state index in [1.54, 1.807) is 47.2 Å². The van der Waals surface area contributed by atoms with Crippen molar-refractivity contribution in [3.8, 4) is 5.88 Å². The number of nitrogens with zero attached hydrogens (tertiary/aromatic N) is 1. The van der Waals surface area contributed by atoms with Crippen LogP contribution in [0, 0.1) is 11.6 Å². The van der Waals surface area contributed by atoms with Gasteiger partial charge in [-0.05, 0) is 41.5 Å². The Hall–Kier alpha value is -2.95. The number of carbonyl (C=O) groups excluding carboxylic acids is 1. The van der Waals surface area contributed by atoms with Crippen molar-refractivity contribution in [3.63, 3.8) is 0 Å². The van der Waals surface area contributed by atoms with Gasteiger partial charge in [-0.25, -0.2) is 8.78 Å². The normalized spacial score (nSPS) is 10.6. The van der Waals surface area contributed by atoms with Gasteiger partial charge in [-0.3, -0.25) is 4.79 Å². The van der Waals surface area contributed by atoms with E-state index in [0.717, 1.165) is 5.56 Å². The van der Waals surface area contributed by atoms with Crippen LogP contribution in [0.4, 0.5) is 8.78 Å². The van der Waals surface area contributed by atoms with Crippen molar-refractivity contribution in [2.45, 2.75) is 13.0 Å². The van der Waals surface area contributed by atoms with Crippen molar-refractivity contribution in [3.05, 3.63) is 89.6 Å². The van der Waals surface area contributed by atoms with Gasteiger partial charge in [0.25, 0.3) is 0 Å². The predicted octanol–water partition coefficient (Wildman–Crippen LogP) is 3.96. The van der Waals surface area contributed by atoms with Crippen molar-refractivity contribution in [2.24, 2.45) is 0 Å². The highest BCUT2D eigenvalue weighted by Gasteiger charge is 2.10. The van der Waals surface area contributed by atoms with Crippen molar-refractivity contribution in [1.82, 2.24) is 4.57 Å². The average molecular weight is 327 g/mol. The van der Waals surface area contributed by atoms with Gasteiger partial charge in [0.15, 0.2) is 0 Å². The number of hydrogen-bond acceptors (Lipinski definition) is 2. The molecule has 0 saturated carbocycles. The van der Waals surface area contributed by atoms with E-state index >= 15 is 0 Å². The maximum atomic E-state index is 12.9. The molecule has 24 heavy (non-hydrogen) atoms. The number of carbonyl (C=O) groups is 1. The summed E-state index contributed by atoms with van der Waals surface area (Å²) in [6, 6.07) is 15.3. The third-order valence-corrected chi connectivity index (χ3v) is 3.53. The third-order valence-electron chi connectivity index (χ3n) is 3.53. The number of benzene rings is 2. The first-order valence-corrected chi connectivity index (χ1v) is 7.45. The molecule has 0 fully saturated rings. The topological polar surface area (TPSA) is 31.2 Å². The van der Waals surface area contributed by atoms with E-state index in [1.165, 1.54) is 24.3 Å². The van der Waals surface area contributed by atoms with Crippen molar-refractivity contribution in [1.29, 1.82) is 0 Å². The zero-order valence-electron chi connectivity index (χ0n) is 12.8. The lowest BCUT2D eigenvalue weighted by Crippen LogP contribution is -2.14. The first kappa shape index (κ1) is 15.9. The predicted molar refractivity (Wildman–Crippen MR) is 85.7 cm³/mol. The Morgan fingerprint density at radius 3 is 2.08 bits per heavy atom. The van der Waals surface area contributed by atoms with Crippen LogP contribution in [0.1, 0.15) is 11.1 Å². The zero-order chi connectivity index (χ0) is 16.9. The van der Waals surface area contributed by atoms with Gasteiger partial charge >= 0.3 is 5.97 Å². The average Bonchev–Trinajstić information content (AvgIpc) is 2.98. The summed E-state index contributed by atoms with van der Waals surface area (Å²) in [6.07, 6.45) is 1.84. The van der Waals surface area contributed by atoms with Gasteiger partial charge in [-0.2, -0.15) is 0 Å². The van der Waals surface area contributed by atoms with E-state index in [2.05, 4.69) is 0 Å². The minimum atomic E-state index is -0.430. The van der Waals surface area contributed by atoms with E-state index in [-0.39, 0.29) is 18.1 Å². The summed E-state index contributed by atoms with van der Waals surface area (Å²) >= 11 is 0. The van der Waals surface area contributed by atoms with Gasteiger partial charge in [-0.15, -0.1) is 0 Å².